The molecule has 1 unspecified atom stereocenters. The van der Waals surface area contributed by atoms with E-state index in [2.05, 4.69) is 5.32 Å². The number of hydrogen-bond donors (Lipinski definition) is 1. The highest BCUT2D eigenvalue weighted by Crippen LogP contribution is 2.10. The van der Waals surface area contributed by atoms with Crippen molar-refractivity contribution in [2.75, 3.05) is 0 Å². The molecule has 2 nitrogen and oxygen atoms in total. The molecule has 0 saturated heterocycles. The molecule has 0 aromatic heterocycles. The Morgan fingerprint density at radius 1 is 1.38 bits per heavy atom. The lowest BCUT2D eigenvalue weighted by Gasteiger charge is -2.20. The third kappa shape index (κ3) is 3.05. The minimum Gasteiger partial charge on any atom is -0.349 e. The van der Waals surface area contributed by atoms with Crippen molar-refractivity contribution in [3.8, 4) is 0 Å². The Labute approximate surface area is 95.9 Å². The molecular formula is C13H18FNO. The molecule has 0 aliphatic carbocycles. The Morgan fingerprint density at radius 3 is 2.50 bits per heavy atom. The van der Waals surface area contributed by atoms with Gasteiger partial charge in [0.1, 0.15) is 5.82 Å². The summed E-state index contributed by atoms with van der Waals surface area (Å²) < 4.78 is 13.3. The number of rotatable bonds is 4. The van der Waals surface area contributed by atoms with E-state index in [9.17, 15) is 9.18 Å². The van der Waals surface area contributed by atoms with Crippen LogP contribution < -0.4 is 5.32 Å². The zero-order valence-electron chi connectivity index (χ0n) is 9.96. The van der Waals surface area contributed by atoms with Crippen molar-refractivity contribution in [2.24, 2.45) is 5.92 Å². The summed E-state index contributed by atoms with van der Waals surface area (Å²) in [7, 11) is 0. The summed E-state index contributed by atoms with van der Waals surface area (Å²) in [5.41, 5.74) is 0.113. The fourth-order valence-electron chi connectivity index (χ4n) is 1.63. The molecule has 0 saturated carbocycles. The maximum Gasteiger partial charge on any atom is 0.254 e. The molecule has 0 radical (unpaired) electrons. The number of nitrogens with one attached hydrogen (secondary N) is 1. The first-order chi connectivity index (χ1) is 7.56. The second-order valence-corrected chi connectivity index (χ2v) is 4.21. The van der Waals surface area contributed by atoms with Crippen LogP contribution in [0.3, 0.4) is 0 Å². The maximum atomic E-state index is 13.3. The minimum absolute atomic E-state index is 0.0899. The average molecular weight is 223 g/mol. The highest BCUT2D eigenvalue weighted by Gasteiger charge is 2.17. The van der Waals surface area contributed by atoms with E-state index < -0.39 is 5.82 Å². The number of carbonyl (C=O) groups excluding carboxylic acids is 1. The van der Waals surface area contributed by atoms with Crippen molar-refractivity contribution in [3.05, 3.63) is 35.6 Å². The molecule has 3 heteroatoms. The van der Waals surface area contributed by atoms with Crippen LogP contribution in [0.5, 0.6) is 0 Å². The lowest BCUT2D eigenvalue weighted by molar-refractivity contribution is 0.0920. The summed E-state index contributed by atoms with van der Waals surface area (Å²) >= 11 is 0. The molecule has 0 bridgehead atoms. The van der Waals surface area contributed by atoms with E-state index in [1.54, 1.807) is 12.1 Å². The molecule has 1 aromatic carbocycles. The van der Waals surface area contributed by atoms with Gasteiger partial charge in [-0.2, -0.15) is 0 Å². The van der Waals surface area contributed by atoms with Crippen molar-refractivity contribution in [3.63, 3.8) is 0 Å². The quantitative estimate of drug-likeness (QED) is 0.835. The number of benzene rings is 1. The van der Waals surface area contributed by atoms with E-state index in [1.807, 2.05) is 20.8 Å². The number of carbonyl (C=O) groups is 1. The fourth-order valence-corrected chi connectivity index (χ4v) is 1.63. The van der Waals surface area contributed by atoms with Gasteiger partial charge in [-0.05, 0) is 24.5 Å². The lowest BCUT2D eigenvalue weighted by Crippen LogP contribution is -2.38. The Hall–Kier alpha value is -1.38. The van der Waals surface area contributed by atoms with Crippen LogP contribution in [0.2, 0.25) is 0 Å². The molecule has 1 N–H and O–H groups in total. The van der Waals surface area contributed by atoms with Gasteiger partial charge in [0.2, 0.25) is 0 Å². The van der Waals surface area contributed by atoms with Crippen LogP contribution in [-0.4, -0.2) is 11.9 Å². The summed E-state index contributed by atoms with van der Waals surface area (Å²) in [6.45, 7) is 6.08. The largest absolute Gasteiger partial charge is 0.349 e. The Balaban J connectivity index is 2.76. The summed E-state index contributed by atoms with van der Waals surface area (Å²) in [6.07, 6.45) is 0.845. The predicted octanol–water partition coefficient (Wildman–Crippen LogP) is 2.99. The maximum absolute atomic E-state index is 13.3. The van der Waals surface area contributed by atoms with E-state index in [-0.39, 0.29) is 17.5 Å². The SMILES string of the molecule is CCC(NC(=O)c1ccccc1F)C(C)C. The molecule has 1 aromatic rings. The average Bonchev–Trinajstić information content (AvgIpc) is 2.25. The summed E-state index contributed by atoms with van der Waals surface area (Å²) in [6, 6.07) is 6.12. The molecule has 1 atom stereocenters. The molecule has 16 heavy (non-hydrogen) atoms. The van der Waals surface area contributed by atoms with Gasteiger partial charge in [-0.15, -0.1) is 0 Å². The van der Waals surface area contributed by atoms with Crippen molar-refractivity contribution in [1.82, 2.24) is 5.32 Å². The number of amides is 1. The van der Waals surface area contributed by atoms with Crippen LogP contribution in [0.1, 0.15) is 37.6 Å². The Bertz CT molecular complexity index is 363. The molecule has 1 rings (SSSR count). The molecule has 1 amide bonds. The van der Waals surface area contributed by atoms with Crippen molar-refractivity contribution in [1.29, 1.82) is 0 Å². The molecule has 88 valence electrons. The van der Waals surface area contributed by atoms with E-state index in [1.165, 1.54) is 12.1 Å². The summed E-state index contributed by atoms with van der Waals surface area (Å²) in [5.74, 6) is -0.460. The minimum atomic E-state index is -0.474. The molecule has 0 aliphatic rings. The van der Waals surface area contributed by atoms with E-state index in [4.69, 9.17) is 0 Å². The van der Waals surface area contributed by atoms with Gasteiger partial charge in [0, 0.05) is 6.04 Å². The van der Waals surface area contributed by atoms with Gasteiger partial charge in [-0.1, -0.05) is 32.9 Å². The predicted molar refractivity (Wildman–Crippen MR) is 62.8 cm³/mol. The number of hydrogen-bond acceptors (Lipinski definition) is 1. The van der Waals surface area contributed by atoms with E-state index in [0.717, 1.165) is 6.42 Å². The van der Waals surface area contributed by atoms with E-state index in [0.29, 0.717) is 5.92 Å². The zero-order valence-corrected chi connectivity index (χ0v) is 9.96. The van der Waals surface area contributed by atoms with E-state index >= 15 is 0 Å². The molecular weight excluding hydrogens is 205 g/mol. The first-order valence-corrected chi connectivity index (χ1v) is 5.61. The molecule has 0 spiro atoms. The monoisotopic (exact) mass is 223 g/mol. The van der Waals surface area contributed by atoms with Gasteiger partial charge < -0.3 is 5.32 Å². The summed E-state index contributed by atoms with van der Waals surface area (Å²) in [5, 5.41) is 2.84. The molecule has 0 fully saturated rings. The molecule has 0 aliphatic heterocycles. The third-order valence-corrected chi connectivity index (χ3v) is 2.68. The smallest absolute Gasteiger partial charge is 0.254 e. The second kappa shape index (κ2) is 5.64. The van der Waals surface area contributed by atoms with Gasteiger partial charge >= 0.3 is 0 Å². The normalized spacial score (nSPS) is 12.6. The lowest BCUT2D eigenvalue weighted by atomic mass is 10.0. The van der Waals surface area contributed by atoms with Gasteiger partial charge in [0.25, 0.3) is 5.91 Å². The fraction of sp³-hybridized carbons (Fsp3) is 0.462. The highest BCUT2D eigenvalue weighted by atomic mass is 19.1. The molecule has 0 heterocycles. The van der Waals surface area contributed by atoms with Crippen molar-refractivity contribution >= 4 is 5.91 Å². The van der Waals surface area contributed by atoms with Gasteiger partial charge in [0.05, 0.1) is 5.56 Å². The Kier molecular flexibility index (Phi) is 4.47. The van der Waals surface area contributed by atoms with Crippen LogP contribution in [0.15, 0.2) is 24.3 Å². The van der Waals surface area contributed by atoms with Crippen LogP contribution in [0, 0.1) is 11.7 Å². The standard InChI is InChI=1S/C13H18FNO/c1-4-12(9(2)3)15-13(16)10-7-5-6-8-11(10)14/h5-9,12H,4H2,1-3H3,(H,15,16). The van der Waals surface area contributed by atoms with Gasteiger partial charge in [-0.3, -0.25) is 4.79 Å². The Morgan fingerprint density at radius 2 is 2.00 bits per heavy atom. The van der Waals surface area contributed by atoms with Crippen LogP contribution >= 0.6 is 0 Å². The third-order valence-electron chi connectivity index (χ3n) is 2.68. The second-order valence-electron chi connectivity index (χ2n) is 4.21. The number of halogens is 1. The van der Waals surface area contributed by atoms with Gasteiger partial charge in [-0.25, -0.2) is 4.39 Å². The zero-order chi connectivity index (χ0) is 12.1. The van der Waals surface area contributed by atoms with Crippen LogP contribution in [-0.2, 0) is 0 Å². The van der Waals surface area contributed by atoms with Gasteiger partial charge in [0.15, 0.2) is 0 Å². The highest BCUT2D eigenvalue weighted by molar-refractivity contribution is 5.94. The van der Waals surface area contributed by atoms with Crippen molar-refractivity contribution < 1.29 is 9.18 Å². The first kappa shape index (κ1) is 12.7. The van der Waals surface area contributed by atoms with Crippen LogP contribution in [0.4, 0.5) is 4.39 Å². The van der Waals surface area contributed by atoms with Crippen LogP contribution in [0.25, 0.3) is 0 Å². The van der Waals surface area contributed by atoms with Crippen molar-refractivity contribution in [2.45, 2.75) is 33.2 Å². The first-order valence-electron chi connectivity index (χ1n) is 5.61. The summed E-state index contributed by atoms with van der Waals surface area (Å²) in [4.78, 5) is 11.8. The topological polar surface area (TPSA) is 29.1 Å².